The number of non-ortho nitro benzene ring substituents is 1. The van der Waals surface area contributed by atoms with E-state index >= 15 is 0 Å². The van der Waals surface area contributed by atoms with Crippen molar-refractivity contribution in [3.63, 3.8) is 0 Å². The molecule has 8 heteroatoms. The van der Waals surface area contributed by atoms with Gasteiger partial charge in [-0.3, -0.25) is 24.5 Å². The summed E-state index contributed by atoms with van der Waals surface area (Å²) in [4.78, 5) is 49.1. The number of ketones is 1. The first-order valence-electron chi connectivity index (χ1n) is 13.3. The fourth-order valence-electron chi connectivity index (χ4n) is 3.98. The van der Waals surface area contributed by atoms with Crippen LogP contribution in [0.3, 0.4) is 0 Å². The maximum atomic E-state index is 13.3. The molecule has 0 aromatic heterocycles. The largest absolute Gasteiger partial charge is 0.321 e. The van der Waals surface area contributed by atoms with Crippen LogP contribution >= 0.6 is 0 Å². The SMILES string of the molecule is CC(C)c1ccc(/C=C(\NC(=O)c2ccccc2)C(=O)Nc2ccc(C(=O)/C=C/c3ccc([N+](=O)[O-])cc3)cc2)cc1. The van der Waals surface area contributed by atoms with Gasteiger partial charge < -0.3 is 10.6 Å². The molecule has 0 saturated carbocycles. The highest BCUT2D eigenvalue weighted by atomic mass is 16.6. The van der Waals surface area contributed by atoms with Crippen LogP contribution in [-0.2, 0) is 4.79 Å². The molecular weight excluding hydrogens is 530 g/mol. The van der Waals surface area contributed by atoms with E-state index in [2.05, 4.69) is 24.5 Å². The summed E-state index contributed by atoms with van der Waals surface area (Å²) in [6, 6.07) is 28.6. The van der Waals surface area contributed by atoms with E-state index in [9.17, 15) is 24.5 Å². The number of nitro groups is 1. The minimum atomic E-state index is -0.524. The molecule has 2 N–H and O–H groups in total. The van der Waals surface area contributed by atoms with Crippen LogP contribution in [0.2, 0.25) is 0 Å². The van der Waals surface area contributed by atoms with Gasteiger partial charge in [0.2, 0.25) is 0 Å². The molecule has 42 heavy (non-hydrogen) atoms. The van der Waals surface area contributed by atoms with Crippen LogP contribution in [0.15, 0.2) is 115 Å². The van der Waals surface area contributed by atoms with Crippen LogP contribution < -0.4 is 10.6 Å². The molecule has 0 aliphatic carbocycles. The standard InChI is InChI=1S/C34H29N3O5/c1-23(2)26-13-8-25(9-14-26)22-31(36-33(39)28-6-4-3-5-7-28)34(40)35-29-17-15-27(16-18-29)32(38)21-12-24-10-19-30(20-11-24)37(41)42/h3-23H,1-2H3,(H,35,40)(H,36,39)/b21-12+,31-22-. The second-order valence-corrected chi connectivity index (χ2v) is 9.78. The third kappa shape index (κ3) is 7.95. The zero-order valence-electron chi connectivity index (χ0n) is 23.1. The number of nitro benzene ring substituents is 1. The number of hydrogen-bond acceptors (Lipinski definition) is 5. The third-order valence-electron chi connectivity index (χ3n) is 6.40. The van der Waals surface area contributed by atoms with Gasteiger partial charge in [-0.25, -0.2) is 0 Å². The molecule has 0 spiro atoms. The molecule has 8 nitrogen and oxygen atoms in total. The number of carbonyl (C=O) groups excluding carboxylic acids is 3. The zero-order valence-corrected chi connectivity index (χ0v) is 23.1. The molecule has 2 amide bonds. The second kappa shape index (κ2) is 13.6. The molecule has 0 aliphatic heterocycles. The predicted molar refractivity (Wildman–Crippen MR) is 164 cm³/mol. The first kappa shape index (κ1) is 29.4. The Bertz CT molecular complexity index is 1640. The Balaban J connectivity index is 1.48. The molecule has 210 valence electrons. The smallest absolute Gasteiger partial charge is 0.272 e. The minimum Gasteiger partial charge on any atom is -0.321 e. The molecular formula is C34H29N3O5. The normalized spacial score (nSPS) is 11.4. The van der Waals surface area contributed by atoms with Crippen molar-refractivity contribution >= 4 is 41.1 Å². The van der Waals surface area contributed by atoms with Gasteiger partial charge in [-0.05, 0) is 83.3 Å². The molecule has 0 aliphatic rings. The molecule has 0 unspecified atom stereocenters. The lowest BCUT2D eigenvalue weighted by atomic mass is 10.0. The fraction of sp³-hybridized carbons (Fsp3) is 0.0882. The number of allylic oxidation sites excluding steroid dienone is 1. The Morgan fingerprint density at radius 2 is 1.38 bits per heavy atom. The van der Waals surface area contributed by atoms with E-state index in [1.165, 1.54) is 18.2 Å². The summed E-state index contributed by atoms with van der Waals surface area (Å²) < 4.78 is 0. The van der Waals surface area contributed by atoms with Crippen molar-refractivity contribution in [2.75, 3.05) is 5.32 Å². The van der Waals surface area contributed by atoms with Crippen molar-refractivity contribution in [1.82, 2.24) is 5.32 Å². The Morgan fingerprint density at radius 3 is 1.98 bits per heavy atom. The number of rotatable bonds is 10. The van der Waals surface area contributed by atoms with E-state index in [1.54, 1.807) is 78.9 Å². The van der Waals surface area contributed by atoms with E-state index in [0.29, 0.717) is 28.3 Å². The van der Waals surface area contributed by atoms with Gasteiger partial charge in [0.05, 0.1) is 4.92 Å². The van der Waals surface area contributed by atoms with E-state index in [0.717, 1.165) is 11.1 Å². The molecule has 4 aromatic carbocycles. The summed E-state index contributed by atoms with van der Waals surface area (Å²) in [5.41, 5.74) is 3.83. The summed E-state index contributed by atoms with van der Waals surface area (Å²) in [6.45, 7) is 4.19. The second-order valence-electron chi connectivity index (χ2n) is 9.78. The summed E-state index contributed by atoms with van der Waals surface area (Å²) in [5.74, 6) is -0.857. The average molecular weight is 560 g/mol. The lowest BCUT2D eigenvalue weighted by molar-refractivity contribution is -0.384. The van der Waals surface area contributed by atoms with Crippen molar-refractivity contribution in [3.05, 3.63) is 153 Å². The van der Waals surface area contributed by atoms with Gasteiger partial charge in [-0.1, -0.05) is 62.4 Å². The lowest BCUT2D eigenvalue weighted by Crippen LogP contribution is -2.30. The zero-order chi connectivity index (χ0) is 30.1. The fourth-order valence-corrected chi connectivity index (χ4v) is 3.98. The maximum absolute atomic E-state index is 13.3. The Morgan fingerprint density at radius 1 is 0.762 bits per heavy atom. The summed E-state index contributed by atoms with van der Waals surface area (Å²) in [7, 11) is 0. The van der Waals surface area contributed by atoms with E-state index < -0.39 is 16.7 Å². The van der Waals surface area contributed by atoms with Gasteiger partial charge in [0.15, 0.2) is 5.78 Å². The van der Waals surface area contributed by atoms with E-state index in [1.807, 2.05) is 24.3 Å². The molecule has 0 atom stereocenters. The highest BCUT2D eigenvalue weighted by Gasteiger charge is 2.15. The van der Waals surface area contributed by atoms with Crippen molar-refractivity contribution in [1.29, 1.82) is 0 Å². The molecule has 4 rings (SSSR count). The van der Waals surface area contributed by atoms with Crippen molar-refractivity contribution in [2.24, 2.45) is 0 Å². The van der Waals surface area contributed by atoms with Gasteiger partial charge in [-0.15, -0.1) is 0 Å². The Labute approximate surface area is 243 Å². The van der Waals surface area contributed by atoms with Crippen LogP contribution in [0.25, 0.3) is 12.2 Å². The van der Waals surface area contributed by atoms with Gasteiger partial charge in [-0.2, -0.15) is 0 Å². The Hall–Kier alpha value is -5.63. The van der Waals surface area contributed by atoms with Crippen LogP contribution in [0.1, 0.15) is 57.2 Å². The number of anilines is 1. The number of benzene rings is 4. The highest BCUT2D eigenvalue weighted by Crippen LogP contribution is 2.18. The summed E-state index contributed by atoms with van der Waals surface area (Å²) in [5, 5.41) is 16.3. The van der Waals surface area contributed by atoms with E-state index in [-0.39, 0.29) is 17.2 Å². The van der Waals surface area contributed by atoms with Crippen molar-refractivity contribution < 1.29 is 19.3 Å². The topological polar surface area (TPSA) is 118 Å². The molecule has 0 saturated heterocycles. The van der Waals surface area contributed by atoms with Crippen LogP contribution in [-0.4, -0.2) is 22.5 Å². The van der Waals surface area contributed by atoms with Gasteiger partial charge in [0.25, 0.3) is 17.5 Å². The number of carbonyl (C=O) groups is 3. The molecule has 0 fully saturated rings. The number of hydrogen-bond donors (Lipinski definition) is 2. The van der Waals surface area contributed by atoms with Crippen LogP contribution in [0.5, 0.6) is 0 Å². The highest BCUT2D eigenvalue weighted by molar-refractivity contribution is 6.11. The third-order valence-corrected chi connectivity index (χ3v) is 6.40. The maximum Gasteiger partial charge on any atom is 0.272 e. The van der Waals surface area contributed by atoms with Crippen molar-refractivity contribution in [2.45, 2.75) is 19.8 Å². The molecule has 4 aromatic rings. The minimum absolute atomic E-state index is 0.0298. The summed E-state index contributed by atoms with van der Waals surface area (Å²) >= 11 is 0. The van der Waals surface area contributed by atoms with Crippen molar-refractivity contribution in [3.8, 4) is 0 Å². The average Bonchev–Trinajstić information content (AvgIpc) is 3.00. The van der Waals surface area contributed by atoms with Gasteiger partial charge in [0.1, 0.15) is 5.70 Å². The molecule has 0 heterocycles. The number of amides is 2. The monoisotopic (exact) mass is 559 g/mol. The Kier molecular flexibility index (Phi) is 9.53. The summed E-state index contributed by atoms with van der Waals surface area (Å²) in [6.07, 6.45) is 4.56. The first-order chi connectivity index (χ1) is 20.2. The van der Waals surface area contributed by atoms with Gasteiger partial charge >= 0.3 is 0 Å². The first-order valence-corrected chi connectivity index (χ1v) is 13.3. The molecule has 0 radical (unpaired) electrons. The van der Waals surface area contributed by atoms with E-state index in [4.69, 9.17) is 0 Å². The van der Waals surface area contributed by atoms with Crippen LogP contribution in [0, 0.1) is 10.1 Å². The van der Waals surface area contributed by atoms with Gasteiger partial charge in [0, 0.05) is 28.9 Å². The quantitative estimate of drug-likeness (QED) is 0.0936. The lowest BCUT2D eigenvalue weighted by Gasteiger charge is -2.12. The number of nitrogens with one attached hydrogen (secondary N) is 2. The molecule has 0 bridgehead atoms. The number of nitrogens with zero attached hydrogens (tertiary/aromatic N) is 1. The van der Waals surface area contributed by atoms with Crippen LogP contribution in [0.4, 0.5) is 11.4 Å². The predicted octanol–water partition coefficient (Wildman–Crippen LogP) is 7.02.